The number of piperidine rings is 1. The highest BCUT2D eigenvalue weighted by Gasteiger charge is 2.24. The first-order valence-corrected chi connectivity index (χ1v) is 6.00. The van der Waals surface area contributed by atoms with Crippen molar-refractivity contribution in [2.24, 2.45) is 0 Å². The Morgan fingerprint density at radius 3 is 2.29 bits per heavy atom. The molecular formula is C14H17NO2. The van der Waals surface area contributed by atoms with Gasteiger partial charge in [0.2, 0.25) is 5.91 Å². The van der Waals surface area contributed by atoms with Crippen molar-refractivity contribution in [2.45, 2.75) is 32.6 Å². The number of carbonyl (C=O) groups excluding carboxylic acids is 2. The van der Waals surface area contributed by atoms with Crippen LogP contribution in [0.15, 0.2) is 24.3 Å². The van der Waals surface area contributed by atoms with Crippen molar-refractivity contribution in [2.75, 3.05) is 11.4 Å². The predicted molar refractivity (Wildman–Crippen MR) is 67.1 cm³/mol. The van der Waals surface area contributed by atoms with Crippen LogP contribution in [0.1, 0.15) is 38.2 Å². The molecule has 0 N–H and O–H groups in total. The Bertz CT molecular complexity index is 434. The minimum absolute atomic E-state index is 0.0463. The molecule has 1 aliphatic rings. The van der Waals surface area contributed by atoms with Gasteiger partial charge in [-0.25, -0.2) is 0 Å². The van der Waals surface area contributed by atoms with Gasteiger partial charge in [-0.2, -0.15) is 0 Å². The molecule has 3 nitrogen and oxygen atoms in total. The van der Waals surface area contributed by atoms with E-state index >= 15 is 0 Å². The SMILES string of the molecule is CC(C)c1ccc(N2CCC(=O)CC2=O)cc1. The third-order valence-corrected chi connectivity index (χ3v) is 3.14. The summed E-state index contributed by atoms with van der Waals surface area (Å²) in [6.07, 6.45) is 0.517. The van der Waals surface area contributed by atoms with Gasteiger partial charge in [-0.3, -0.25) is 9.59 Å². The summed E-state index contributed by atoms with van der Waals surface area (Å²) < 4.78 is 0. The van der Waals surface area contributed by atoms with E-state index in [2.05, 4.69) is 13.8 Å². The lowest BCUT2D eigenvalue weighted by atomic mass is 10.0. The monoisotopic (exact) mass is 231 g/mol. The highest BCUT2D eigenvalue weighted by atomic mass is 16.2. The second-order valence-corrected chi connectivity index (χ2v) is 4.76. The van der Waals surface area contributed by atoms with Crippen molar-refractivity contribution >= 4 is 17.4 Å². The van der Waals surface area contributed by atoms with E-state index in [-0.39, 0.29) is 18.1 Å². The number of hydrogen-bond acceptors (Lipinski definition) is 2. The summed E-state index contributed by atoms with van der Waals surface area (Å²) in [5, 5.41) is 0. The fourth-order valence-corrected chi connectivity index (χ4v) is 2.03. The molecule has 1 saturated heterocycles. The highest BCUT2D eigenvalue weighted by Crippen LogP contribution is 2.22. The van der Waals surface area contributed by atoms with Gasteiger partial charge in [0.25, 0.3) is 0 Å². The number of amides is 1. The van der Waals surface area contributed by atoms with Crippen LogP contribution in [0.4, 0.5) is 5.69 Å². The summed E-state index contributed by atoms with van der Waals surface area (Å²) >= 11 is 0. The number of ketones is 1. The van der Waals surface area contributed by atoms with E-state index in [4.69, 9.17) is 0 Å². The van der Waals surface area contributed by atoms with E-state index in [0.29, 0.717) is 18.9 Å². The molecule has 2 rings (SSSR count). The molecule has 0 atom stereocenters. The van der Waals surface area contributed by atoms with Crippen LogP contribution in [0.2, 0.25) is 0 Å². The molecule has 1 heterocycles. The molecule has 1 aromatic rings. The quantitative estimate of drug-likeness (QED) is 0.733. The number of carbonyl (C=O) groups is 2. The van der Waals surface area contributed by atoms with Crippen molar-refractivity contribution in [3.63, 3.8) is 0 Å². The standard InChI is InChI=1S/C14H17NO2/c1-10(2)11-3-5-12(6-4-11)15-8-7-13(16)9-14(15)17/h3-6,10H,7-9H2,1-2H3. The van der Waals surface area contributed by atoms with Gasteiger partial charge in [0.15, 0.2) is 0 Å². The van der Waals surface area contributed by atoms with Crippen molar-refractivity contribution in [3.8, 4) is 0 Å². The Hall–Kier alpha value is -1.64. The zero-order valence-corrected chi connectivity index (χ0v) is 10.3. The molecule has 1 fully saturated rings. The smallest absolute Gasteiger partial charge is 0.234 e. The highest BCUT2D eigenvalue weighted by molar-refractivity contribution is 6.08. The number of anilines is 1. The molecule has 0 spiro atoms. The number of nitrogens with zero attached hydrogens (tertiary/aromatic N) is 1. The van der Waals surface area contributed by atoms with Crippen LogP contribution in [0.25, 0.3) is 0 Å². The molecule has 0 bridgehead atoms. The lowest BCUT2D eigenvalue weighted by Gasteiger charge is -2.26. The first-order chi connectivity index (χ1) is 8.08. The molecule has 1 aliphatic heterocycles. The van der Waals surface area contributed by atoms with Gasteiger partial charge in [-0.15, -0.1) is 0 Å². The number of Topliss-reactive ketones (excluding diaryl/α,β-unsaturated/α-hetero) is 1. The predicted octanol–water partition coefficient (Wildman–Crippen LogP) is 2.51. The van der Waals surface area contributed by atoms with Crippen molar-refractivity contribution in [1.82, 2.24) is 0 Å². The largest absolute Gasteiger partial charge is 0.312 e. The number of hydrogen-bond donors (Lipinski definition) is 0. The summed E-state index contributed by atoms with van der Waals surface area (Å²) in [7, 11) is 0. The van der Waals surface area contributed by atoms with Gasteiger partial charge >= 0.3 is 0 Å². The second-order valence-electron chi connectivity index (χ2n) is 4.76. The second kappa shape index (κ2) is 4.70. The van der Waals surface area contributed by atoms with Gasteiger partial charge in [-0.05, 0) is 23.6 Å². The molecule has 0 radical (unpaired) electrons. The van der Waals surface area contributed by atoms with E-state index in [1.54, 1.807) is 4.90 Å². The first-order valence-electron chi connectivity index (χ1n) is 6.00. The number of rotatable bonds is 2. The van der Waals surface area contributed by atoms with E-state index in [0.717, 1.165) is 5.69 Å². The lowest BCUT2D eigenvalue weighted by Crippen LogP contribution is -2.38. The van der Waals surface area contributed by atoms with E-state index in [1.807, 2.05) is 24.3 Å². The molecule has 3 heteroatoms. The van der Waals surface area contributed by atoms with Crippen LogP contribution in [-0.2, 0) is 9.59 Å². The van der Waals surface area contributed by atoms with Gasteiger partial charge < -0.3 is 4.90 Å². The lowest BCUT2D eigenvalue weighted by molar-refractivity contribution is -0.128. The van der Waals surface area contributed by atoms with Crippen LogP contribution in [0, 0.1) is 0 Å². The summed E-state index contributed by atoms with van der Waals surface area (Å²) in [4.78, 5) is 24.6. The average molecular weight is 231 g/mol. The van der Waals surface area contributed by atoms with Crippen LogP contribution < -0.4 is 4.90 Å². The number of benzene rings is 1. The van der Waals surface area contributed by atoms with Crippen LogP contribution in [0.5, 0.6) is 0 Å². The van der Waals surface area contributed by atoms with E-state index in [9.17, 15) is 9.59 Å². The zero-order valence-electron chi connectivity index (χ0n) is 10.3. The van der Waals surface area contributed by atoms with E-state index < -0.39 is 0 Å². The van der Waals surface area contributed by atoms with Crippen LogP contribution in [0.3, 0.4) is 0 Å². The molecule has 1 aromatic carbocycles. The summed E-state index contributed by atoms with van der Waals surface area (Å²) in [5.41, 5.74) is 2.15. The maximum absolute atomic E-state index is 11.7. The maximum atomic E-state index is 11.7. The van der Waals surface area contributed by atoms with Gasteiger partial charge in [0.1, 0.15) is 5.78 Å². The Morgan fingerprint density at radius 2 is 1.76 bits per heavy atom. The summed E-state index contributed by atoms with van der Waals surface area (Å²) in [6.45, 7) is 4.79. The van der Waals surface area contributed by atoms with Crippen LogP contribution >= 0.6 is 0 Å². The van der Waals surface area contributed by atoms with Crippen molar-refractivity contribution in [1.29, 1.82) is 0 Å². The molecule has 0 aliphatic carbocycles. The third-order valence-electron chi connectivity index (χ3n) is 3.14. The third kappa shape index (κ3) is 2.54. The van der Waals surface area contributed by atoms with Gasteiger partial charge in [-0.1, -0.05) is 26.0 Å². The minimum atomic E-state index is -0.0847. The van der Waals surface area contributed by atoms with Gasteiger partial charge in [0, 0.05) is 18.7 Å². The zero-order chi connectivity index (χ0) is 12.4. The maximum Gasteiger partial charge on any atom is 0.234 e. The average Bonchev–Trinajstić information content (AvgIpc) is 2.29. The molecule has 1 amide bonds. The first kappa shape index (κ1) is 11.8. The Labute approximate surface area is 101 Å². The molecule has 0 unspecified atom stereocenters. The minimum Gasteiger partial charge on any atom is -0.312 e. The summed E-state index contributed by atoms with van der Waals surface area (Å²) in [6, 6.07) is 8.01. The molecule has 17 heavy (non-hydrogen) atoms. The molecular weight excluding hydrogens is 214 g/mol. The van der Waals surface area contributed by atoms with Crippen molar-refractivity contribution < 1.29 is 9.59 Å². The molecule has 90 valence electrons. The Kier molecular flexibility index (Phi) is 3.27. The Morgan fingerprint density at radius 1 is 1.12 bits per heavy atom. The Balaban J connectivity index is 2.17. The molecule has 0 saturated carbocycles. The van der Waals surface area contributed by atoms with Gasteiger partial charge in [0.05, 0.1) is 6.42 Å². The molecule has 0 aromatic heterocycles. The summed E-state index contributed by atoms with van der Waals surface area (Å²) in [5.74, 6) is 0.450. The van der Waals surface area contributed by atoms with Crippen molar-refractivity contribution in [3.05, 3.63) is 29.8 Å². The normalized spacial score (nSPS) is 16.8. The topological polar surface area (TPSA) is 37.4 Å². The van der Waals surface area contributed by atoms with E-state index in [1.165, 1.54) is 5.56 Å². The van der Waals surface area contributed by atoms with Crippen LogP contribution in [-0.4, -0.2) is 18.2 Å². The fraction of sp³-hybridized carbons (Fsp3) is 0.429. The fourth-order valence-electron chi connectivity index (χ4n) is 2.03.